The lowest BCUT2D eigenvalue weighted by Crippen LogP contribution is -1.99. The van der Waals surface area contributed by atoms with Gasteiger partial charge in [-0.1, -0.05) is 19.1 Å². The molecule has 18 heavy (non-hydrogen) atoms. The molecule has 0 bridgehead atoms. The lowest BCUT2D eigenvalue weighted by molar-refractivity contribution is 0.621. The quantitative estimate of drug-likeness (QED) is 0.818. The Labute approximate surface area is 118 Å². The first-order valence-electron chi connectivity index (χ1n) is 5.58. The van der Waals surface area contributed by atoms with Crippen molar-refractivity contribution in [1.82, 2.24) is 9.97 Å². The number of nitrogens with one attached hydrogen (secondary N) is 1. The molecule has 0 atom stereocenters. The van der Waals surface area contributed by atoms with Gasteiger partial charge in [-0.25, -0.2) is 9.37 Å². The van der Waals surface area contributed by atoms with Gasteiger partial charge < -0.3 is 4.98 Å². The van der Waals surface area contributed by atoms with Crippen LogP contribution in [0.1, 0.15) is 18.2 Å². The molecule has 1 heterocycles. The van der Waals surface area contributed by atoms with E-state index in [1.54, 1.807) is 12.1 Å². The van der Waals surface area contributed by atoms with Gasteiger partial charge in [-0.15, -0.1) is 0 Å². The maximum atomic E-state index is 13.2. The van der Waals surface area contributed by atoms with Crippen LogP contribution in [-0.2, 0) is 6.42 Å². The van der Waals surface area contributed by atoms with Gasteiger partial charge >= 0.3 is 0 Å². The molecule has 0 aliphatic carbocycles. The number of nitrogens with zero attached hydrogens (tertiary/aromatic N) is 1. The van der Waals surface area contributed by atoms with Crippen molar-refractivity contribution in [2.45, 2.75) is 20.3 Å². The van der Waals surface area contributed by atoms with E-state index in [1.807, 2.05) is 6.92 Å². The number of aromatic amines is 1. The van der Waals surface area contributed by atoms with Crippen LogP contribution in [0, 0.1) is 17.4 Å². The fraction of sp³-hybridized carbons (Fsp3) is 0.231. The maximum Gasteiger partial charge on any atom is 0.139 e. The van der Waals surface area contributed by atoms with E-state index in [4.69, 9.17) is 12.2 Å². The predicted molar refractivity (Wildman–Crippen MR) is 76.6 cm³/mol. The minimum Gasteiger partial charge on any atom is -0.343 e. The van der Waals surface area contributed by atoms with Gasteiger partial charge in [0.1, 0.15) is 16.3 Å². The van der Waals surface area contributed by atoms with Crippen LogP contribution in [0.4, 0.5) is 4.39 Å². The summed E-state index contributed by atoms with van der Waals surface area (Å²) in [6.07, 6.45) is 0.855. The molecule has 94 valence electrons. The molecule has 0 radical (unpaired) electrons. The average molecular weight is 327 g/mol. The van der Waals surface area contributed by atoms with Gasteiger partial charge in [0.2, 0.25) is 0 Å². The Balaban J connectivity index is 2.60. The summed E-state index contributed by atoms with van der Waals surface area (Å²) in [5.41, 5.74) is 2.87. The number of benzene rings is 1. The molecule has 1 aromatic heterocycles. The second-order valence-corrected chi connectivity index (χ2v) is 5.22. The summed E-state index contributed by atoms with van der Waals surface area (Å²) in [4.78, 5) is 7.58. The van der Waals surface area contributed by atoms with E-state index in [0.29, 0.717) is 14.9 Å². The van der Waals surface area contributed by atoms with Crippen LogP contribution in [-0.4, -0.2) is 9.97 Å². The summed E-state index contributed by atoms with van der Waals surface area (Å²) < 4.78 is 14.2. The Bertz CT molecular complexity index is 652. The Hall–Kier alpha value is -1.07. The van der Waals surface area contributed by atoms with Crippen LogP contribution in [0.15, 0.2) is 22.7 Å². The fourth-order valence-corrected chi connectivity index (χ4v) is 2.31. The van der Waals surface area contributed by atoms with Crippen molar-refractivity contribution < 1.29 is 4.39 Å². The van der Waals surface area contributed by atoms with E-state index in [0.717, 1.165) is 23.2 Å². The van der Waals surface area contributed by atoms with Crippen molar-refractivity contribution in [1.29, 1.82) is 0 Å². The van der Waals surface area contributed by atoms with Gasteiger partial charge in [-0.2, -0.15) is 0 Å². The van der Waals surface area contributed by atoms with Crippen LogP contribution in [0.3, 0.4) is 0 Å². The summed E-state index contributed by atoms with van der Waals surface area (Å²) in [6, 6.07) is 4.78. The molecule has 1 aromatic carbocycles. The number of aromatic nitrogens is 2. The number of H-pyrrole nitrogens is 1. The third-order valence-electron chi connectivity index (χ3n) is 2.80. The first-order chi connectivity index (χ1) is 8.52. The number of hydrogen-bond donors (Lipinski definition) is 1. The van der Waals surface area contributed by atoms with Gasteiger partial charge in [0.15, 0.2) is 0 Å². The SMILES string of the molecule is CCc1[nH]c(-c2ccc(F)c(Br)c2)nc(=S)c1C. The third-order valence-corrected chi connectivity index (χ3v) is 3.81. The van der Waals surface area contributed by atoms with Crippen molar-refractivity contribution in [3.63, 3.8) is 0 Å². The molecule has 0 saturated heterocycles. The zero-order chi connectivity index (χ0) is 13.3. The van der Waals surface area contributed by atoms with Gasteiger partial charge in [0, 0.05) is 16.8 Å². The molecule has 0 unspecified atom stereocenters. The highest BCUT2D eigenvalue weighted by molar-refractivity contribution is 9.10. The lowest BCUT2D eigenvalue weighted by atomic mass is 10.1. The van der Waals surface area contributed by atoms with Crippen LogP contribution in [0.5, 0.6) is 0 Å². The second kappa shape index (κ2) is 5.28. The molecule has 1 N–H and O–H groups in total. The highest BCUT2D eigenvalue weighted by Gasteiger charge is 2.07. The van der Waals surface area contributed by atoms with Gasteiger partial charge in [0.05, 0.1) is 4.47 Å². The van der Waals surface area contributed by atoms with Crippen LogP contribution in [0.2, 0.25) is 0 Å². The Morgan fingerprint density at radius 2 is 2.17 bits per heavy atom. The lowest BCUT2D eigenvalue weighted by Gasteiger charge is -2.08. The molecule has 0 aliphatic rings. The molecule has 0 aliphatic heterocycles. The molecule has 0 amide bonds. The molecule has 2 nitrogen and oxygen atoms in total. The summed E-state index contributed by atoms with van der Waals surface area (Å²) in [5.74, 6) is 0.378. The molecular formula is C13H12BrFN2S. The molecule has 0 saturated carbocycles. The van der Waals surface area contributed by atoms with Crippen molar-refractivity contribution in [2.24, 2.45) is 0 Å². The maximum absolute atomic E-state index is 13.2. The zero-order valence-corrected chi connectivity index (χ0v) is 12.5. The predicted octanol–water partition coefficient (Wildman–Crippen LogP) is 4.58. The minimum atomic E-state index is -0.292. The molecule has 0 spiro atoms. The van der Waals surface area contributed by atoms with E-state index in [1.165, 1.54) is 6.07 Å². The molecule has 2 rings (SSSR count). The van der Waals surface area contributed by atoms with E-state index in [-0.39, 0.29) is 5.82 Å². The van der Waals surface area contributed by atoms with Gasteiger partial charge in [-0.3, -0.25) is 0 Å². The topological polar surface area (TPSA) is 28.7 Å². The standard InChI is InChI=1S/C13H12BrFN2S/c1-3-11-7(2)13(18)17-12(16-11)8-4-5-10(15)9(14)6-8/h4-6H,3H2,1-2H3,(H,16,17,18). The highest BCUT2D eigenvalue weighted by Crippen LogP contribution is 2.23. The normalized spacial score (nSPS) is 10.7. The monoisotopic (exact) mass is 326 g/mol. The molecule has 2 aromatic rings. The fourth-order valence-electron chi connectivity index (χ4n) is 1.71. The Kier molecular flexibility index (Phi) is 3.92. The van der Waals surface area contributed by atoms with Crippen molar-refractivity contribution in [2.75, 3.05) is 0 Å². The van der Waals surface area contributed by atoms with E-state index in [2.05, 4.69) is 32.8 Å². The number of hydrogen-bond acceptors (Lipinski definition) is 2. The van der Waals surface area contributed by atoms with Crippen LogP contribution in [0.25, 0.3) is 11.4 Å². The second-order valence-electron chi connectivity index (χ2n) is 3.98. The first-order valence-corrected chi connectivity index (χ1v) is 6.78. The summed E-state index contributed by atoms with van der Waals surface area (Å²) in [7, 11) is 0. The molecule has 5 heteroatoms. The number of halogens is 2. The van der Waals surface area contributed by atoms with Gasteiger partial charge in [-0.05, 0) is 47.5 Å². The summed E-state index contributed by atoms with van der Waals surface area (Å²) >= 11 is 8.41. The van der Waals surface area contributed by atoms with Gasteiger partial charge in [0.25, 0.3) is 0 Å². The van der Waals surface area contributed by atoms with E-state index >= 15 is 0 Å². The molecule has 0 fully saturated rings. The first kappa shape index (κ1) is 13.4. The number of rotatable bonds is 2. The minimum absolute atomic E-state index is 0.292. The summed E-state index contributed by atoms with van der Waals surface area (Å²) in [6.45, 7) is 4.01. The van der Waals surface area contributed by atoms with E-state index in [9.17, 15) is 4.39 Å². The van der Waals surface area contributed by atoms with Crippen molar-refractivity contribution in [3.8, 4) is 11.4 Å². The third kappa shape index (κ3) is 2.52. The summed E-state index contributed by atoms with van der Waals surface area (Å²) in [5, 5.41) is 0. The Morgan fingerprint density at radius 1 is 1.44 bits per heavy atom. The van der Waals surface area contributed by atoms with Crippen LogP contribution >= 0.6 is 28.1 Å². The van der Waals surface area contributed by atoms with E-state index < -0.39 is 0 Å². The molecular weight excluding hydrogens is 315 g/mol. The van der Waals surface area contributed by atoms with Crippen molar-refractivity contribution in [3.05, 3.63) is 44.4 Å². The van der Waals surface area contributed by atoms with Crippen LogP contribution < -0.4 is 0 Å². The number of aryl methyl sites for hydroxylation is 1. The Morgan fingerprint density at radius 3 is 2.78 bits per heavy atom. The highest BCUT2D eigenvalue weighted by atomic mass is 79.9. The average Bonchev–Trinajstić information content (AvgIpc) is 2.36. The van der Waals surface area contributed by atoms with Crippen molar-refractivity contribution >= 4 is 28.1 Å². The largest absolute Gasteiger partial charge is 0.343 e. The smallest absolute Gasteiger partial charge is 0.139 e. The zero-order valence-electron chi connectivity index (χ0n) is 10.1.